The van der Waals surface area contributed by atoms with Crippen LogP contribution in [-0.2, 0) is 11.8 Å². The van der Waals surface area contributed by atoms with Crippen molar-refractivity contribution in [3.8, 4) is 0 Å². The van der Waals surface area contributed by atoms with Gasteiger partial charge in [0.15, 0.2) is 5.65 Å². The summed E-state index contributed by atoms with van der Waals surface area (Å²) in [7, 11) is 2.00. The lowest BCUT2D eigenvalue weighted by Crippen LogP contribution is -2.38. The third-order valence-electron chi connectivity index (χ3n) is 7.45. The number of benzene rings is 2. The highest BCUT2D eigenvalue weighted by Crippen LogP contribution is 2.31. The Balaban J connectivity index is 1.35. The molecule has 0 bridgehead atoms. The maximum atomic E-state index is 13.9. The van der Waals surface area contributed by atoms with Crippen LogP contribution in [0.4, 0.5) is 11.5 Å². The lowest BCUT2D eigenvalue weighted by Gasteiger charge is -2.32. The van der Waals surface area contributed by atoms with E-state index in [1.54, 1.807) is 6.92 Å². The summed E-state index contributed by atoms with van der Waals surface area (Å²) in [5.74, 6) is 0.274. The fourth-order valence-electron chi connectivity index (χ4n) is 5.37. The summed E-state index contributed by atoms with van der Waals surface area (Å²) < 4.78 is 8.76. The maximum absolute atomic E-state index is 13.9. The number of nitrogens with one attached hydrogen (secondary N) is 1. The van der Waals surface area contributed by atoms with Gasteiger partial charge in [0, 0.05) is 49.1 Å². The smallest absolute Gasteiger partial charge is 0.343 e. The monoisotopic (exact) mass is 522 g/mol. The maximum Gasteiger partial charge on any atom is 0.343 e. The quantitative estimate of drug-likeness (QED) is 0.310. The highest BCUT2D eigenvalue weighted by atomic mass is 16.5. The van der Waals surface area contributed by atoms with Crippen LogP contribution >= 0.6 is 0 Å². The third-order valence-corrected chi connectivity index (χ3v) is 7.45. The Morgan fingerprint density at radius 1 is 1.03 bits per heavy atom. The molecule has 1 fully saturated rings. The molecule has 1 aliphatic heterocycles. The van der Waals surface area contributed by atoms with E-state index in [0.29, 0.717) is 36.0 Å². The first-order chi connectivity index (χ1) is 19.0. The molecule has 198 valence electrons. The molecule has 5 aromatic rings. The standard InChI is InChI=1S/C30H30N6O3/c1-3-39-30(38)25-19-32-36-27(25)31-18-24(28(36)33-23-9-10-26-22(17-23)11-14-34(26)2)29(37)35-15-12-21(13-16-35)20-7-5-4-6-8-20/h4-11,14,17-19,21,33H,3,12-13,15-16H2,1-2H3. The molecule has 39 heavy (non-hydrogen) atoms. The van der Waals surface area contributed by atoms with Crippen molar-refractivity contribution >= 4 is 39.9 Å². The Bertz CT molecular complexity index is 1660. The van der Waals surface area contributed by atoms with Crippen LogP contribution in [0.2, 0.25) is 0 Å². The molecule has 0 radical (unpaired) electrons. The number of hydrogen-bond acceptors (Lipinski definition) is 6. The van der Waals surface area contributed by atoms with Crippen molar-refractivity contribution in [3.63, 3.8) is 0 Å². The van der Waals surface area contributed by atoms with E-state index < -0.39 is 5.97 Å². The number of hydrogen-bond donors (Lipinski definition) is 1. The van der Waals surface area contributed by atoms with Crippen LogP contribution < -0.4 is 5.32 Å². The molecule has 0 atom stereocenters. The number of carbonyl (C=O) groups is 2. The van der Waals surface area contributed by atoms with Crippen molar-refractivity contribution in [3.05, 3.63) is 89.9 Å². The number of rotatable bonds is 6. The number of ether oxygens (including phenoxy) is 1. The van der Waals surface area contributed by atoms with Crippen LogP contribution in [-0.4, -0.2) is 55.6 Å². The first kappa shape index (κ1) is 24.7. The molecule has 1 saturated heterocycles. The molecule has 2 aromatic carbocycles. The molecular formula is C30H30N6O3. The number of anilines is 2. The highest BCUT2D eigenvalue weighted by molar-refractivity contribution is 6.01. The minimum Gasteiger partial charge on any atom is -0.462 e. The van der Waals surface area contributed by atoms with Crippen molar-refractivity contribution in [2.45, 2.75) is 25.7 Å². The van der Waals surface area contributed by atoms with Gasteiger partial charge in [0.1, 0.15) is 16.9 Å². The Morgan fingerprint density at radius 2 is 1.82 bits per heavy atom. The van der Waals surface area contributed by atoms with Crippen molar-refractivity contribution in [2.75, 3.05) is 25.0 Å². The first-order valence-electron chi connectivity index (χ1n) is 13.2. The molecular weight excluding hydrogens is 492 g/mol. The van der Waals surface area contributed by atoms with E-state index in [1.165, 1.54) is 22.5 Å². The lowest BCUT2D eigenvalue weighted by molar-refractivity contribution is 0.0528. The Kier molecular flexibility index (Phi) is 6.48. The summed E-state index contributed by atoms with van der Waals surface area (Å²) >= 11 is 0. The fraction of sp³-hybridized carbons (Fsp3) is 0.267. The average Bonchev–Trinajstić information content (AvgIpc) is 3.57. The second-order valence-corrected chi connectivity index (χ2v) is 9.84. The van der Waals surface area contributed by atoms with Gasteiger partial charge in [-0.3, -0.25) is 4.79 Å². The van der Waals surface area contributed by atoms with E-state index in [2.05, 4.69) is 44.2 Å². The Morgan fingerprint density at radius 3 is 2.59 bits per heavy atom. The topological polar surface area (TPSA) is 93.8 Å². The molecule has 4 heterocycles. The van der Waals surface area contributed by atoms with E-state index in [9.17, 15) is 9.59 Å². The van der Waals surface area contributed by atoms with Gasteiger partial charge in [-0.2, -0.15) is 9.61 Å². The van der Waals surface area contributed by atoms with Gasteiger partial charge in [0.25, 0.3) is 5.91 Å². The number of aromatic nitrogens is 4. The molecule has 9 nitrogen and oxygen atoms in total. The SMILES string of the molecule is CCOC(=O)c1cnn2c(Nc3ccc4c(ccn4C)c3)c(C(=O)N3CCC(c4ccccc4)CC3)cnc12. The summed E-state index contributed by atoms with van der Waals surface area (Å²) in [4.78, 5) is 32.8. The fourth-order valence-corrected chi connectivity index (χ4v) is 5.37. The van der Waals surface area contributed by atoms with Crippen LogP contribution in [0.3, 0.4) is 0 Å². The number of carbonyl (C=O) groups excluding carboxylic acids is 2. The van der Waals surface area contributed by atoms with E-state index in [-0.39, 0.29) is 18.1 Å². The largest absolute Gasteiger partial charge is 0.462 e. The van der Waals surface area contributed by atoms with Gasteiger partial charge in [-0.25, -0.2) is 9.78 Å². The van der Waals surface area contributed by atoms with Gasteiger partial charge in [0.2, 0.25) is 0 Å². The lowest BCUT2D eigenvalue weighted by atomic mass is 9.89. The van der Waals surface area contributed by atoms with Gasteiger partial charge < -0.3 is 19.5 Å². The van der Waals surface area contributed by atoms with Crippen LogP contribution in [0.1, 0.15) is 52.0 Å². The van der Waals surface area contributed by atoms with E-state index in [0.717, 1.165) is 29.4 Å². The van der Waals surface area contributed by atoms with Gasteiger partial charge in [-0.15, -0.1) is 0 Å². The summed E-state index contributed by atoms with van der Waals surface area (Å²) in [6.07, 6.45) is 6.77. The highest BCUT2D eigenvalue weighted by Gasteiger charge is 2.28. The first-order valence-corrected chi connectivity index (χ1v) is 13.2. The summed E-state index contributed by atoms with van der Waals surface area (Å²) in [5.41, 5.74) is 4.19. The number of aryl methyl sites for hydroxylation is 1. The summed E-state index contributed by atoms with van der Waals surface area (Å²) in [5, 5.41) is 8.91. The molecule has 1 aliphatic rings. The zero-order chi connectivity index (χ0) is 26.9. The normalized spacial score (nSPS) is 14.2. The average molecular weight is 523 g/mol. The minimum absolute atomic E-state index is 0.118. The molecule has 1 N–H and O–H groups in total. The van der Waals surface area contributed by atoms with Gasteiger partial charge in [-0.05, 0) is 55.5 Å². The molecule has 1 amide bonds. The molecule has 0 aliphatic carbocycles. The van der Waals surface area contributed by atoms with Crippen LogP contribution in [0.15, 0.2) is 73.2 Å². The van der Waals surface area contributed by atoms with Crippen LogP contribution in [0, 0.1) is 0 Å². The zero-order valence-corrected chi connectivity index (χ0v) is 22.0. The molecule has 9 heteroatoms. The van der Waals surface area contributed by atoms with Crippen molar-refractivity contribution in [1.82, 2.24) is 24.1 Å². The zero-order valence-electron chi connectivity index (χ0n) is 22.0. The van der Waals surface area contributed by atoms with Gasteiger partial charge >= 0.3 is 5.97 Å². The van der Waals surface area contributed by atoms with Crippen molar-refractivity contribution in [1.29, 1.82) is 0 Å². The number of fused-ring (bicyclic) bond motifs is 2. The molecule has 6 rings (SSSR count). The van der Waals surface area contributed by atoms with Crippen molar-refractivity contribution < 1.29 is 14.3 Å². The van der Waals surface area contributed by atoms with E-state index in [4.69, 9.17) is 4.74 Å². The molecule has 3 aromatic heterocycles. The molecule has 0 saturated carbocycles. The number of nitrogens with zero attached hydrogens (tertiary/aromatic N) is 5. The second kappa shape index (κ2) is 10.2. The van der Waals surface area contributed by atoms with E-state index >= 15 is 0 Å². The number of piperidine rings is 1. The van der Waals surface area contributed by atoms with Gasteiger partial charge in [0.05, 0.1) is 12.8 Å². The number of amides is 1. The summed E-state index contributed by atoms with van der Waals surface area (Å²) in [6, 6.07) is 18.5. The number of esters is 1. The van der Waals surface area contributed by atoms with Crippen LogP contribution in [0.25, 0.3) is 16.6 Å². The minimum atomic E-state index is -0.501. The predicted octanol–water partition coefficient (Wildman–Crippen LogP) is 5.16. The second-order valence-electron chi connectivity index (χ2n) is 9.84. The van der Waals surface area contributed by atoms with Gasteiger partial charge in [-0.1, -0.05) is 30.3 Å². The van der Waals surface area contributed by atoms with E-state index in [1.807, 2.05) is 48.5 Å². The summed E-state index contributed by atoms with van der Waals surface area (Å²) in [6.45, 7) is 3.30. The predicted molar refractivity (Wildman–Crippen MR) is 149 cm³/mol. The molecule has 0 spiro atoms. The van der Waals surface area contributed by atoms with Crippen molar-refractivity contribution in [2.24, 2.45) is 7.05 Å². The number of likely N-dealkylation sites (tertiary alicyclic amines) is 1. The third kappa shape index (κ3) is 4.60. The molecule has 0 unspecified atom stereocenters. The van der Waals surface area contributed by atoms with Crippen LogP contribution in [0.5, 0.6) is 0 Å². The Hall–Kier alpha value is -4.66. The Labute approximate surface area is 226 Å².